The summed E-state index contributed by atoms with van der Waals surface area (Å²) in [6, 6.07) is 8.00. The Kier molecular flexibility index (Phi) is 5.25. The minimum Gasteiger partial charge on any atom is -0.456 e. The standard InChI is InChI=1S/C21H27NO3S/c1-14-8-9-22(18-4-2-3-5-19(18)26-14)20(23)13-25-21(24)12-17-11-15-6-7-16(17)10-15/h2-5,14-17H,6-13H2,1H3/t14-,15+,16+,17+/m1/s1. The largest absolute Gasteiger partial charge is 0.456 e. The molecule has 2 bridgehead atoms. The number of fused-ring (bicyclic) bond motifs is 3. The summed E-state index contributed by atoms with van der Waals surface area (Å²) in [6.07, 6.45) is 6.48. The van der Waals surface area contributed by atoms with E-state index in [1.807, 2.05) is 18.2 Å². The van der Waals surface area contributed by atoms with Crippen molar-refractivity contribution in [3.63, 3.8) is 0 Å². The second-order valence-corrected chi connectivity index (χ2v) is 9.51. The molecule has 1 heterocycles. The minimum absolute atomic E-state index is 0.117. The number of hydrogen-bond donors (Lipinski definition) is 0. The lowest BCUT2D eigenvalue weighted by atomic mass is 9.86. The molecule has 1 aromatic rings. The van der Waals surface area contributed by atoms with Gasteiger partial charge in [0.15, 0.2) is 6.61 Å². The average molecular weight is 374 g/mol. The number of anilines is 1. The van der Waals surface area contributed by atoms with E-state index in [9.17, 15) is 9.59 Å². The van der Waals surface area contributed by atoms with Crippen LogP contribution in [0, 0.1) is 17.8 Å². The Bertz CT molecular complexity index is 692. The van der Waals surface area contributed by atoms with Crippen molar-refractivity contribution in [2.24, 2.45) is 17.8 Å². The maximum atomic E-state index is 12.7. The molecule has 4 nitrogen and oxygen atoms in total. The molecule has 140 valence electrons. The number of para-hydroxylation sites is 1. The Labute approximate surface area is 159 Å². The summed E-state index contributed by atoms with van der Waals surface area (Å²) in [5.41, 5.74) is 0.941. The van der Waals surface area contributed by atoms with Crippen molar-refractivity contribution in [1.82, 2.24) is 0 Å². The second kappa shape index (κ2) is 7.63. The highest BCUT2D eigenvalue weighted by atomic mass is 32.2. The Morgan fingerprint density at radius 3 is 2.81 bits per heavy atom. The van der Waals surface area contributed by atoms with Crippen LogP contribution in [-0.4, -0.2) is 30.3 Å². The van der Waals surface area contributed by atoms with E-state index < -0.39 is 0 Å². The molecule has 0 aromatic heterocycles. The highest BCUT2D eigenvalue weighted by Gasteiger charge is 2.40. The second-order valence-electron chi connectivity index (χ2n) is 8.03. The summed E-state index contributed by atoms with van der Waals surface area (Å²) in [7, 11) is 0. The van der Waals surface area contributed by atoms with Crippen molar-refractivity contribution in [3.8, 4) is 0 Å². The summed E-state index contributed by atoms with van der Waals surface area (Å²) in [6.45, 7) is 2.71. The first-order chi connectivity index (χ1) is 12.6. The highest BCUT2D eigenvalue weighted by molar-refractivity contribution is 8.00. The zero-order chi connectivity index (χ0) is 18.1. The average Bonchev–Trinajstić information content (AvgIpc) is 3.19. The lowest BCUT2D eigenvalue weighted by molar-refractivity contribution is -0.149. The van der Waals surface area contributed by atoms with Crippen molar-refractivity contribution in [2.75, 3.05) is 18.1 Å². The molecule has 5 heteroatoms. The topological polar surface area (TPSA) is 46.6 Å². The molecule has 1 aliphatic heterocycles. The molecule has 0 unspecified atom stereocenters. The van der Waals surface area contributed by atoms with Gasteiger partial charge in [-0.3, -0.25) is 9.59 Å². The zero-order valence-electron chi connectivity index (χ0n) is 15.4. The van der Waals surface area contributed by atoms with E-state index in [4.69, 9.17) is 4.74 Å². The van der Waals surface area contributed by atoms with Gasteiger partial charge < -0.3 is 9.64 Å². The first kappa shape index (κ1) is 17.9. The first-order valence-electron chi connectivity index (χ1n) is 9.82. The van der Waals surface area contributed by atoms with Gasteiger partial charge in [0.25, 0.3) is 5.91 Å². The third-order valence-electron chi connectivity index (χ3n) is 6.21. The van der Waals surface area contributed by atoms with Gasteiger partial charge in [-0.1, -0.05) is 25.5 Å². The van der Waals surface area contributed by atoms with E-state index in [0.29, 0.717) is 30.1 Å². The van der Waals surface area contributed by atoms with Crippen LogP contribution in [-0.2, 0) is 14.3 Å². The van der Waals surface area contributed by atoms with Crippen molar-refractivity contribution < 1.29 is 14.3 Å². The number of hydrogen-bond acceptors (Lipinski definition) is 4. The van der Waals surface area contributed by atoms with Gasteiger partial charge in [0.2, 0.25) is 0 Å². The molecule has 0 saturated heterocycles. The summed E-state index contributed by atoms with van der Waals surface area (Å²) in [5.74, 6) is 1.69. The van der Waals surface area contributed by atoms with Crippen LogP contribution in [0.1, 0.15) is 45.4 Å². The van der Waals surface area contributed by atoms with E-state index in [1.54, 1.807) is 16.7 Å². The van der Waals surface area contributed by atoms with Crippen molar-refractivity contribution >= 4 is 29.3 Å². The molecule has 4 rings (SSSR count). The Hall–Kier alpha value is -1.49. The van der Waals surface area contributed by atoms with E-state index in [0.717, 1.165) is 22.9 Å². The molecule has 4 atom stereocenters. The normalized spacial score (nSPS) is 30.0. The fourth-order valence-corrected chi connectivity index (χ4v) is 5.98. The molecule has 1 aromatic carbocycles. The summed E-state index contributed by atoms with van der Waals surface area (Å²) < 4.78 is 5.37. The van der Waals surface area contributed by atoms with Gasteiger partial charge in [-0.25, -0.2) is 0 Å². The molecule has 2 aliphatic carbocycles. The van der Waals surface area contributed by atoms with Gasteiger partial charge in [-0.2, -0.15) is 0 Å². The Balaban J connectivity index is 1.33. The van der Waals surface area contributed by atoms with Gasteiger partial charge in [-0.15, -0.1) is 11.8 Å². The Morgan fingerprint density at radius 2 is 2.04 bits per heavy atom. The molecule has 26 heavy (non-hydrogen) atoms. The molecule has 0 radical (unpaired) electrons. The fraction of sp³-hybridized carbons (Fsp3) is 0.619. The highest BCUT2D eigenvalue weighted by Crippen LogP contribution is 2.49. The molecule has 2 fully saturated rings. The van der Waals surface area contributed by atoms with Crippen LogP contribution >= 0.6 is 11.8 Å². The van der Waals surface area contributed by atoms with Crippen molar-refractivity contribution in [3.05, 3.63) is 24.3 Å². The van der Waals surface area contributed by atoms with Gasteiger partial charge in [0.05, 0.1) is 5.69 Å². The molecule has 2 saturated carbocycles. The molecule has 3 aliphatic rings. The lowest BCUT2D eigenvalue weighted by Gasteiger charge is -2.23. The monoisotopic (exact) mass is 373 g/mol. The molecular formula is C21H27NO3S. The SMILES string of the molecule is C[C@@H]1CCN(C(=O)COC(=O)C[C@@H]2C[C@H]3CC[C@H]2C3)c2ccccc2S1. The zero-order valence-corrected chi connectivity index (χ0v) is 16.2. The number of amides is 1. The van der Waals surface area contributed by atoms with Crippen LogP contribution in [0.4, 0.5) is 5.69 Å². The number of ether oxygens (including phenoxy) is 1. The van der Waals surface area contributed by atoms with E-state index in [-0.39, 0.29) is 18.5 Å². The molecule has 0 N–H and O–H groups in total. The van der Waals surface area contributed by atoms with Crippen LogP contribution in [0.15, 0.2) is 29.2 Å². The number of thioether (sulfide) groups is 1. The van der Waals surface area contributed by atoms with Gasteiger partial charge in [-0.05, 0) is 55.6 Å². The lowest BCUT2D eigenvalue weighted by Crippen LogP contribution is -2.36. The predicted molar refractivity (Wildman–Crippen MR) is 103 cm³/mol. The number of rotatable bonds is 4. The van der Waals surface area contributed by atoms with E-state index >= 15 is 0 Å². The molecule has 1 amide bonds. The van der Waals surface area contributed by atoms with Crippen LogP contribution in [0.25, 0.3) is 0 Å². The van der Waals surface area contributed by atoms with Crippen LogP contribution in [0.2, 0.25) is 0 Å². The quantitative estimate of drug-likeness (QED) is 0.739. The molecule has 0 spiro atoms. The minimum atomic E-state index is -0.207. The third-order valence-corrected chi connectivity index (χ3v) is 7.45. The Morgan fingerprint density at radius 1 is 1.19 bits per heavy atom. The number of carbonyl (C=O) groups is 2. The fourth-order valence-electron chi connectivity index (χ4n) is 4.87. The maximum Gasteiger partial charge on any atom is 0.306 e. The number of benzene rings is 1. The third kappa shape index (κ3) is 3.78. The summed E-state index contributed by atoms with van der Waals surface area (Å²) in [5, 5.41) is 0.467. The van der Waals surface area contributed by atoms with Gasteiger partial charge in [0, 0.05) is 23.1 Å². The van der Waals surface area contributed by atoms with Crippen LogP contribution < -0.4 is 4.90 Å². The number of nitrogens with zero attached hydrogens (tertiary/aromatic N) is 1. The first-order valence-corrected chi connectivity index (χ1v) is 10.7. The smallest absolute Gasteiger partial charge is 0.306 e. The van der Waals surface area contributed by atoms with E-state index in [1.165, 1.54) is 25.7 Å². The van der Waals surface area contributed by atoms with Crippen LogP contribution in [0.5, 0.6) is 0 Å². The van der Waals surface area contributed by atoms with Crippen LogP contribution in [0.3, 0.4) is 0 Å². The summed E-state index contributed by atoms with van der Waals surface area (Å²) in [4.78, 5) is 27.9. The number of carbonyl (C=O) groups excluding carboxylic acids is 2. The van der Waals surface area contributed by atoms with Gasteiger partial charge in [0.1, 0.15) is 0 Å². The number of esters is 1. The van der Waals surface area contributed by atoms with Crippen molar-refractivity contribution in [2.45, 2.75) is 55.6 Å². The van der Waals surface area contributed by atoms with E-state index in [2.05, 4.69) is 13.0 Å². The van der Waals surface area contributed by atoms with Crippen molar-refractivity contribution in [1.29, 1.82) is 0 Å². The van der Waals surface area contributed by atoms with Gasteiger partial charge >= 0.3 is 5.97 Å². The summed E-state index contributed by atoms with van der Waals surface area (Å²) >= 11 is 1.80. The predicted octanol–water partition coefficient (Wildman–Crippen LogP) is 4.27. The maximum absolute atomic E-state index is 12.7. The molecular weight excluding hydrogens is 346 g/mol.